The first kappa shape index (κ1) is 15.5. The number of anilines is 1. The molecule has 7 heteroatoms. The van der Waals surface area contributed by atoms with Gasteiger partial charge in [-0.25, -0.2) is 0 Å². The molecule has 114 valence electrons. The zero-order valence-corrected chi connectivity index (χ0v) is 12.8. The van der Waals surface area contributed by atoms with E-state index in [2.05, 4.69) is 10.2 Å². The summed E-state index contributed by atoms with van der Waals surface area (Å²) in [6, 6.07) is 4.46. The van der Waals surface area contributed by atoms with E-state index in [0.29, 0.717) is 16.5 Å². The van der Waals surface area contributed by atoms with Gasteiger partial charge >= 0.3 is 0 Å². The highest BCUT2D eigenvalue weighted by molar-refractivity contribution is 7.80. The average Bonchev–Trinajstić information content (AvgIpc) is 2.76. The Labute approximate surface area is 129 Å². The van der Waals surface area contributed by atoms with Crippen LogP contribution >= 0.6 is 12.2 Å². The standard InChI is InChI=1S/C14H19N3O3S/c1-20-13-10-11(17(18)19)6-7-12(13)15-14(21)16-8-4-2-3-5-9-16/h6-7,10H,2-5,8-9H2,1H3,(H,15,21). The quantitative estimate of drug-likeness (QED) is 0.525. The van der Waals surface area contributed by atoms with Crippen LogP contribution in [0.15, 0.2) is 18.2 Å². The molecule has 1 aliphatic rings. The van der Waals surface area contributed by atoms with Crippen molar-refractivity contribution in [2.75, 3.05) is 25.5 Å². The molecule has 0 amide bonds. The van der Waals surface area contributed by atoms with Crippen molar-refractivity contribution in [2.45, 2.75) is 25.7 Å². The Morgan fingerprint density at radius 1 is 1.33 bits per heavy atom. The Morgan fingerprint density at radius 3 is 2.57 bits per heavy atom. The number of ether oxygens (including phenoxy) is 1. The Balaban J connectivity index is 2.10. The van der Waals surface area contributed by atoms with E-state index >= 15 is 0 Å². The van der Waals surface area contributed by atoms with Gasteiger partial charge in [0.25, 0.3) is 5.69 Å². The summed E-state index contributed by atoms with van der Waals surface area (Å²) in [7, 11) is 1.49. The van der Waals surface area contributed by atoms with Crippen LogP contribution in [0.4, 0.5) is 11.4 Å². The minimum atomic E-state index is -0.445. The molecule has 0 spiro atoms. The molecular weight excluding hydrogens is 290 g/mol. The lowest BCUT2D eigenvalue weighted by Crippen LogP contribution is -2.35. The zero-order valence-electron chi connectivity index (χ0n) is 12.0. The number of nitrogens with one attached hydrogen (secondary N) is 1. The monoisotopic (exact) mass is 309 g/mol. The number of likely N-dealkylation sites (tertiary alicyclic amines) is 1. The summed E-state index contributed by atoms with van der Waals surface area (Å²) in [5, 5.41) is 14.6. The highest BCUT2D eigenvalue weighted by Gasteiger charge is 2.16. The molecule has 1 fully saturated rings. The van der Waals surface area contributed by atoms with Crippen molar-refractivity contribution in [1.29, 1.82) is 0 Å². The van der Waals surface area contributed by atoms with Crippen LogP contribution in [0, 0.1) is 10.1 Å². The third-order valence-electron chi connectivity index (χ3n) is 3.53. The highest BCUT2D eigenvalue weighted by Crippen LogP contribution is 2.29. The lowest BCUT2D eigenvalue weighted by atomic mass is 10.2. The summed E-state index contributed by atoms with van der Waals surface area (Å²) < 4.78 is 5.20. The van der Waals surface area contributed by atoms with Crippen LogP contribution in [0.3, 0.4) is 0 Å². The number of methoxy groups -OCH3 is 1. The summed E-state index contributed by atoms with van der Waals surface area (Å²) in [6.45, 7) is 1.89. The number of thiocarbonyl (C=S) groups is 1. The molecule has 1 heterocycles. The Bertz CT molecular complexity index is 528. The van der Waals surface area contributed by atoms with Gasteiger partial charge in [0, 0.05) is 19.2 Å². The van der Waals surface area contributed by atoms with E-state index < -0.39 is 4.92 Å². The van der Waals surface area contributed by atoms with Crippen LogP contribution < -0.4 is 10.1 Å². The predicted octanol–water partition coefficient (Wildman–Crippen LogP) is 3.18. The molecule has 0 bridgehead atoms. The summed E-state index contributed by atoms with van der Waals surface area (Å²) in [6.07, 6.45) is 4.75. The molecule has 0 atom stereocenters. The first-order chi connectivity index (χ1) is 10.1. The molecule has 1 N–H and O–H groups in total. The van der Waals surface area contributed by atoms with E-state index in [4.69, 9.17) is 17.0 Å². The molecule has 0 saturated carbocycles. The second kappa shape index (κ2) is 7.21. The average molecular weight is 309 g/mol. The maximum absolute atomic E-state index is 10.8. The summed E-state index contributed by atoms with van der Waals surface area (Å²) in [4.78, 5) is 12.5. The molecule has 0 unspecified atom stereocenters. The van der Waals surface area contributed by atoms with Crippen LogP contribution in [0.2, 0.25) is 0 Å². The van der Waals surface area contributed by atoms with Crippen molar-refractivity contribution < 1.29 is 9.66 Å². The number of non-ortho nitro benzene ring substituents is 1. The Kier molecular flexibility index (Phi) is 5.32. The minimum absolute atomic E-state index is 0.00177. The van der Waals surface area contributed by atoms with Crippen molar-refractivity contribution in [2.24, 2.45) is 0 Å². The molecule has 6 nitrogen and oxygen atoms in total. The maximum Gasteiger partial charge on any atom is 0.273 e. The minimum Gasteiger partial charge on any atom is -0.494 e. The molecule has 2 rings (SSSR count). The molecule has 21 heavy (non-hydrogen) atoms. The smallest absolute Gasteiger partial charge is 0.273 e. The number of nitro groups is 1. The fourth-order valence-corrected chi connectivity index (χ4v) is 2.66. The Hall–Kier alpha value is -1.89. The molecule has 1 aromatic carbocycles. The predicted molar refractivity (Wildman–Crippen MR) is 85.9 cm³/mol. The van der Waals surface area contributed by atoms with Crippen LogP contribution in [0.1, 0.15) is 25.7 Å². The summed E-state index contributed by atoms with van der Waals surface area (Å²) in [5.74, 6) is 0.418. The molecule has 1 saturated heterocycles. The molecule has 0 radical (unpaired) electrons. The van der Waals surface area contributed by atoms with Crippen molar-refractivity contribution >= 4 is 28.7 Å². The summed E-state index contributed by atoms with van der Waals surface area (Å²) in [5.41, 5.74) is 0.649. The van der Waals surface area contributed by atoms with Crippen LogP contribution in [-0.2, 0) is 0 Å². The fourth-order valence-electron chi connectivity index (χ4n) is 2.36. The van der Waals surface area contributed by atoms with Gasteiger partial charge in [-0.15, -0.1) is 0 Å². The number of hydrogen-bond donors (Lipinski definition) is 1. The van der Waals surface area contributed by atoms with Gasteiger partial charge in [-0.1, -0.05) is 12.8 Å². The van der Waals surface area contributed by atoms with E-state index in [-0.39, 0.29) is 5.69 Å². The lowest BCUT2D eigenvalue weighted by Gasteiger charge is -2.24. The normalized spacial score (nSPS) is 15.2. The fraction of sp³-hybridized carbons (Fsp3) is 0.500. The van der Waals surface area contributed by atoms with Crippen molar-refractivity contribution in [3.63, 3.8) is 0 Å². The van der Waals surface area contributed by atoms with Gasteiger partial charge in [0.05, 0.1) is 23.8 Å². The van der Waals surface area contributed by atoms with E-state index in [1.54, 1.807) is 6.07 Å². The van der Waals surface area contributed by atoms with Crippen LogP contribution in [-0.4, -0.2) is 35.1 Å². The zero-order chi connectivity index (χ0) is 15.2. The number of rotatable bonds is 3. The largest absolute Gasteiger partial charge is 0.494 e. The first-order valence-electron chi connectivity index (χ1n) is 7.00. The maximum atomic E-state index is 10.8. The van der Waals surface area contributed by atoms with Crippen molar-refractivity contribution in [1.82, 2.24) is 4.90 Å². The first-order valence-corrected chi connectivity index (χ1v) is 7.41. The molecule has 1 aliphatic heterocycles. The van der Waals surface area contributed by atoms with E-state index in [9.17, 15) is 10.1 Å². The van der Waals surface area contributed by atoms with Crippen molar-refractivity contribution in [3.05, 3.63) is 28.3 Å². The van der Waals surface area contributed by atoms with Gasteiger partial charge in [0.15, 0.2) is 5.11 Å². The Morgan fingerprint density at radius 2 is 2.00 bits per heavy atom. The van der Waals surface area contributed by atoms with Gasteiger partial charge in [-0.3, -0.25) is 10.1 Å². The van der Waals surface area contributed by atoms with Gasteiger partial charge in [-0.2, -0.15) is 0 Å². The topological polar surface area (TPSA) is 67.6 Å². The van der Waals surface area contributed by atoms with E-state index in [0.717, 1.165) is 25.9 Å². The van der Waals surface area contributed by atoms with Gasteiger partial charge < -0.3 is 15.0 Å². The molecule has 1 aromatic rings. The number of nitrogens with zero attached hydrogens (tertiary/aromatic N) is 2. The molecular formula is C14H19N3O3S. The second-order valence-corrected chi connectivity index (χ2v) is 5.36. The molecule has 0 aliphatic carbocycles. The third kappa shape index (κ3) is 4.04. The lowest BCUT2D eigenvalue weighted by molar-refractivity contribution is -0.384. The summed E-state index contributed by atoms with van der Waals surface area (Å²) >= 11 is 5.43. The third-order valence-corrected chi connectivity index (χ3v) is 3.89. The van der Waals surface area contributed by atoms with Crippen molar-refractivity contribution in [3.8, 4) is 5.75 Å². The van der Waals surface area contributed by atoms with E-state index in [1.165, 1.54) is 32.1 Å². The number of nitro benzene ring substituents is 1. The van der Waals surface area contributed by atoms with Gasteiger partial charge in [-0.05, 0) is 31.1 Å². The number of benzene rings is 1. The van der Waals surface area contributed by atoms with Crippen LogP contribution in [0.25, 0.3) is 0 Å². The highest BCUT2D eigenvalue weighted by atomic mass is 32.1. The second-order valence-electron chi connectivity index (χ2n) is 4.97. The van der Waals surface area contributed by atoms with Crippen LogP contribution in [0.5, 0.6) is 5.75 Å². The van der Waals surface area contributed by atoms with Gasteiger partial charge in [0.1, 0.15) is 5.75 Å². The van der Waals surface area contributed by atoms with E-state index in [1.807, 2.05) is 0 Å². The van der Waals surface area contributed by atoms with Gasteiger partial charge in [0.2, 0.25) is 0 Å². The SMILES string of the molecule is COc1cc([N+](=O)[O-])ccc1NC(=S)N1CCCCCC1. The molecule has 0 aromatic heterocycles. The number of hydrogen-bond acceptors (Lipinski definition) is 4.